The van der Waals surface area contributed by atoms with E-state index >= 15 is 0 Å². The first-order valence-electron chi connectivity index (χ1n) is 2.09. The van der Waals surface area contributed by atoms with Crippen LogP contribution in [0.1, 0.15) is 0 Å². The first-order chi connectivity index (χ1) is 3.72. The first-order valence-corrected chi connectivity index (χ1v) is 4.59. The number of halogens is 3. The van der Waals surface area contributed by atoms with Gasteiger partial charge in [0.25, 0.3) is 0 Å². The summed E-state index contributed by atoms with van der Waals surface area (Å²) < 4.78 is 2.29. The van der Waals surface area contributed by atoms with E-state index in [0.29, 0.717) is 4.83 Å². The van der Waals surface area contributed by atoms with Gasteiger partial charge < -0.3 is 0 Å². The fraction of sp³-hybridized carbons (Fsp3) is 0.200. The minimum atomic E-state index is 0.372. The van der Waals surface area contributed by atoms with Crippen LogP contribution in [0.5, 0.6) is 0 Å². The molecule has 1 rings (SSSR count). The molecule has 1 atom stereocenters. The number of alkyl halides is 1. The van der Waals surface area contributed by atoms with Crippen LogP contribution in [0, 0.1) is 0 Å². The molecule has 1 aliphatic rings. The first kappa shape index (κ1) is 7.03. The maximum atomic E-state index is 3.42. The highest BCUT2D eigenvalue weighted by molar-refractivity contribution is 9.15. The molecule has 3 heteroatoms. The summed E-state index contributed by atoms with van der Waals surface area (Å²) in [6.45, 7) is 0. The lowest BCUT2D eigenvalue weighted by atomic mass is 10.5. The third kappa shape index (κ3) is 1.25. The number of hydrogen-bond donors (Lipinski definition) is 0. The van der Waals surface area contributed by atoms with Gasteiger partial charge in [-0.05, 0) is 22.0 Å². The quantitative estimate of drug-likeness (QED) is 0.602. The van der Waals surface area contributed by atoms with Crippen molar-refractivity contribution < 1.29 is 0 Å². The molecule has 0 aliphatic heterocycles. The van der Waals surface area contributed by atoms with Crippen molar-refractivity contribution >= 4 is 47.8 Å². The summed E-state index contributed by atoms with van der Waals surface area (Å²) in [6, 6.07) is 0. The van der Waals surface area contributed by atoms with Gasteiger partial charge >= 0.3 is 0 Å². The van der Waals surface area contributed by atoms with E-state index in [2.05, 4.69) is 53.9 Å². The lowest BCUT2D eigenvalue weighted by Crippen LogP contribution is -1.84. The van der Waals surface area contributed by atoms with Gasteiger partial charge in [0.15, 0.2) is 0 Å². The molecule has 0 nitrogen and oxygen atoms in total. The van der Waals surface area contributed by atoms with Crippen LogP contribution in [0.3, 0.4) is 0 Å². The van der Waals surface area contributed by atoms with Crippen molar-refractivity contribution in [1.82, 2.24) is 0 Å². The lowest BCUT2D eigenvalue weighted by molar-refractivity contribution is 1.48. The Labute approximate surface area is 73.4 Å². The molecule has 0 amide bonds. The largest absolute Gasteiger partial charge is 0.0787 e. The Kier molecular flexibility index (Phi) is 2.35. The van der Waals surface area contributed by atoms with Crippen molar-refractivity contribution in [2.75, 3.05) is 0 Å². The fourth-order valence-corrected chi connectivity index (χ4v) is 1.86. The van der Waals surface area contributed by atoms with E-state index in [9.17, 15) is 0 Å². The number of hydrogen-bond acceptors (Lipinski definition) is 0. The summed E-state index contributed by atoms with van der Waals surface area (Å²) >= 11 is 10.2. The van der Waals surface area contributed by atoms with E-state index in [1.165, 1.54) is 0 Å². The monoisotopic (exact) mass is 300 g/mol. The van der Waals surface area contributed by atoms with Crippen LogP contribution in [0.15, 0.2) is 21.1 Å². The van der Waals surface area contributed by atoms with Gasteiger partial charge in [-0.2, -0.15) is 0 Å². The van der Waals surface area contributed by atoms with Gasteiger partial charge in [-0.3, -0.25) is 0 Å². The molecule has 8 heavy (non-hydrogen) atoms. The maximum Gasteiger partial charge on any atom is 0.0655 e. The Bertz CT molecular complexity index is 157. The second-order valence-electron chi connectivity index (χ2n) is 1.46. The Morgan fingerprint density at radius 3 is 2.12 bits per heavy atom. The van der Waals surface area contributed by atoms with E-state index < -0.39 is 0 Å². The predicted octanol–water partition coefficient (Wildman–Crippen LogP) is 3.32. The van der Waals surface area contributed by atoms with Gasteiger partial charge in [-0.25, -0.2) is 0 Å². The molecule has 0 aromatic heterocycles. The van der Waals surface area contributed by atoms with Gasteiger partial charge in [0.05, 0.1) is 4.83 Å². The molecule has 0 saturated heterocycles. The normalized spacial score (nSPS) is 27.6. The molecule has 0 spiro atoms. The number of allylic oxidation sites excluding steroid dienone is 4. The molecule has 44 valence electrons. The van der Waals surface area contributed by atoms with Gasteiger partial charge in [0.1, 0.15) is 0 Å². The molecule has 0 aromatic rings. The topological polar surface area (TPSA) is 0 Å². The van der Waals surface area contributed by atoms with Gasteiger partial charge in [-0.15, -0.1) is 0 Å². The second-order valence-corrected chi connectivity index (χ2v) is 4.15. The Hall–Kier alpha value is 0.920. The van der Waals surface area contributed by atoms with Crippen LogP contribution in [-0.2, 0) is 0 Å². The Balaban J connectivity index is 2.85. The van der Waals surface area contributed by atoms with E-state index in [0.717, 1.165) is 8.96 Å². The van der Waals surface area contributed by atoms with Crippen LogP contribution in [0.2, 0.25) is 0 Å². The Morgan fingerprint density at radius 2 is 2.00 bits per heavy atom. The lowest BCUT2D eigenvalue weighted by Gasteiger charge is -1.94. The standard InChI is InChI=1S/C5H3Br3/c6-3-1-2-4(7)5(3)8/h1-3H. The smallest absolute Gasteiger partial charge is 0.0655 e. The zero-order valence-electron chi connectivity index (χ0n) is 3.87. The van der Waals surface area contributed by atoms with Crippen molar-refractivity contribution in [2.24, 2.45) is 0 Å². The van der Waals surface area contributed by atoms with Gasteiger partial charge in [0.2, 0.25) is 0 Å². The molecule has 0 N–H and O–H groups in total. The van der Waals surface area contributed by atoms with Crippen LogP contribution >= 0.6 is 47.8 Å². The summed E-state index contributed by atoms with van der Waals surface area (Å²) in [5, 5.41) is 0. The summed E-state index contributed by atoms with van der Waals surface area (Å²) in [5.41, 5.74) is 0. The van der Waals surface area contributed by atoms with Crippen molar-refractivity contribution in [3.05, 3.63) is 21.1 Å². The second kappa shape index (κ2) is 2.67. The van der Waals surface area contributed by atoms with Crippen molar-refractivity contribution in [2.45, 2.75) is 4.83 Å². The molecule has 0 fully saturated rings. The Morgan fingerprint density at radius 1 is 1.38 bits per heavy atom. The molecular formula is C5H3Br3. The highest BCUT2D eigenvalue weighted by Gasteiger charge is 2.12. The van der Waals surface area contributed by atoms with Crippen LogP contribution in [-0.4, -0.2) is 4.83 Å². The van der Waals surface area contributed by atoms with Gasteiger partial charge in [0, 0.05) is 8.96 Å². The molecule has 1 aliphatic carbocycles. The van der Waals surface area contributed by atoms with E-state index in [4.69, 9.17) is 0 Å². The average Bonchev–Trinajstić information content (AvgIpc) is 1.98. The summed E-state index contributed by atoms with van der Waals surface area (Å²) in [5.74, 6) is 0. The maximum absolute atomic E-state index is 3.42. The van der Waals surface area contributed by atoms with E-state index in [1.807, 2.05) is 6.08 Å². The van der Waals surface area contributed by atoms with Crippen LogP contribution in [0.25, 0.3) is 0 Å². The van der Waals surface area contributed by atoms with Gasteiger partial charge in [-0.1, -0.05) is 37.9 Å². The van der Waals surface area contributed by atoms with Crippen LogP contribution in [0.4, 0.5) is 0 Å². The highest BCUT2D eigenvalue weighted by Crippen LogP contribution is 2.32. The number of rotatable bonds is 0. The summed E-state index contributed by atoms with van der Waals surface area (Å²) in [7, 11) is 0. The zero-order valence-corrected chi connectivity index (χ0v) is 8.62. The molecule has 0 bridgehead atoms. The summed E-state index contributed by atoms with van der Waals surface area (Å²) in [6.07, 6.45) is 4.08. The third-order valence-electron chi connectivity index (χ3n) is 0.882. The highest BCUT2D eigenvalue weighted by atomic mass is 79.9. The third-order valence-corrected chi connectivity index (χ3v) is 4.40. The van der Waals surface area contributed by atoms with Crippen molar-refractivity contribution in [1.29, 1.82) is 0 Å². The molecular weight excluding hydrogens is 300 g/mol. The zero-order chi connectivity index (χ0) is 6.15. The van der Waals surface area contributed by atoms with E-state index in [1.54, 1.807) is 0 Å². The van der Waals surface area contributed by atoms with Crippen molar-refractivity contribution in [3.8, 4) is 0 Å². The van der Waals surface area contributed by atoms with Crippen molar-refractivity contribution in [3.63, 3.8) is 0 Å². The molecule has 0 heterocycles. The fourth-order valence-electron chi connectivity index (χ4n) is 0.465. The predicted molar refractivity (Wildman–Crippen MR) is 46.7 cm³/mol. The van der Waals surface area contributed by atoms with E-state index in [-0.39, 0.29) is 0 Å². The molecule has 0 aromatic carbocycles. The SMILES string of the molecule is BrC1=C(Br)C(Br)C=C1. The molecule has 0 saturated carbocycles. The summed E-state index contributed by atoms with van der Waals surface area (Å²) in [4.78, 5) is 0.372. The van der Waals surface area contributed by atoms with Crippen LogP contribution < -0.4 is 0 Å². The minimum absolute atomic E-state index is 0.372. The molecule has 1 unspecified atom stereocenters. The minimum Gasteiger partial charge on any atom is -0.0787 e. The molecule has 0 radical (unpaired) electrons. The average molecular weight is 303 g/mol.